The van der Waals surface area contributed by atoms with Crippen LogP contribution in [0.3, 0.4) is 0 Å². The first kappa shape index (κ1) is 28.1. The van der Waals surface area contributed by atoms with E-state index in [4.69, 9.17) is 5.73 Å². The van der Waals surface area contributed by atoms with E-state index in [0.29, 0.717) is 30.0 Å². The number of benzene rings is 2. The highest BCUT2D eigenvalue weighted by molar-refractivity contribution is 6.05. The fourth-order valence-electron chi connectivity index (χ4n) is 4.41. The van der Waals surface area contributed by atoms with Gasteiger partial charge in [0.2, 0.25) is 0 Å². The number of β-amino-alcohol motifs (C(OH)–C–C–N with tert-alkyl or cyclic N) is 1. The second-order valence-corrected chi connectivity index (χ2v) is 9.66. The summed E-state index contributed by atoms with van der Waals surface area (Å²) in [7, 11) is 3.52. The van der Waals surface area contributed by atoms with Gasteiger partial charge in [0.05, 0.1) is 29.2 Å². The minimum atomic E-state index is -4.58. The summed E-state index contributed by atoms with van der Waals surface area (Å²) in [4.78, 5) is 15.0. The van der Waals surface area contributed by atoms with Gasteiger partial charge in [-0.15, -0.1) is 0 Å². The van der Waals surface area contributed by atoms with E-state index < -0.39 is 23.8 Å². The minimum Gasteiger partial charge on any atom is -0.397 e. The number of likely N-dealkylation sites (tertiary alicyclic amines) is 1. The predicted octanol–water partition coefficient (Wildman–Crippen LogP) is 3.38. The lowest BCUT2D eigenvalue weighted by Gasteiger charge is -2.36. The third-order valence-electron chi connectivity index (χ3n) is 6.71. The standard InChI is InChI=1S/C27H32F3N7O2/c1-16-5-6-19(9-25(16)37(32-3)15-24(31)23-11-33-35(4)17(23)2)26(39)34-21-8-18(12-36-13-22(38)14-36)7-20(10-21)27(28,29)30/h5-11,15,22,32,38H,12-14,31H2,1-4H3,(H,34,39)/b24-15-. The van der Waals surface area contributed by atoms with E-state index in [0.717, 1.165) is 29.0 Å². The third-order valence-corrected chi connectivity index (χ3v) is 6.71. The number of carbonyl (C=O) groups excluding carboxylic acids is 1. The molecule has 1 aliphatic rings. The number of nitrogens with two attached hydrogens (primary N) is 1. The molecule has 12 heteroatoms. The van der Waals surface area contributed by atoms with Crippen LogP contribution in [0, 0.1) is 13.8 Å². The number of nitrogens with one attached hydrogen (secondary N) is 2. The van der Waals surface area contributed by atoms with Crippen LogP contribution in [0.25, 0.3) is 5.70 Å². The van der Waals surface area contributed by atoms with Gasteiger partial charge in [-0.3, -0.25) is 19.4 Å². The van der Waals surface area contributed by atoms with Crippen LogP contribution in [-0.2, 0) is 19.8 Å². The molecular formula is C27H32F3N7O2. The first-order chi connectivity index (χ1) is 18.3. The number of anilines is 2. The summed E-state index contributed by atoms with van der Waals surface area (Å²) in [6.07, 6.45) is -1.70. The highest BCUT2D eigenvalue weighted by Gasteiger charge is 2.32. The first-order valence-corrected chi connectivity index (χ1v) is 12.3. The normalized spacial score (nSPS) is 14.8. The van der Waals surface area contributed by atoms with Gasteiger partial charge in [-0.1, -0.05) is 6.07 Å². The Kier molecular flexibility index (Phi) is 8.00. The Hall–Kier alpha value is -3.87. The lowest BCUT2D eigenvalue weighted by atomic mass is 10.0. The van der Waals surface area contributed by atoms with Crippen molar-refractivity contribution in [3.8, 4) is 0 Å². The van der Waals surface area contributed by atoms with Crippen molar-refractivity contribution in [3.63, 3.8) is 0 Å². The monoisotopic (exact) mass is 543 g/mol. The number of aromatic nitrogens is 2. The molecule has 4 rings (SSSR count). The first-order valence-electron chi connectivity index (χ1n) is 12.3. The van der Waals surface area contributed by atoms with E-state index in [2.05, 4.69) is 15.8 Å². The summed E-state index contributed by atoms with van der Waals surface area (Å²) in [5, 5.41) is 18.0. The SMILES string of the molecule is CNN(/C=C(\N)c1cnn(C)c1C)c1cc(C(=O)Nc2cc(CN3CC(O)C3)cc(C(F)(F)F)c2)ccc1C. The molecule has 0 bridgehead atoms. The van der Waals surface area contributed by atoms with Crippen LogP contribution >= 0.6 is 0 Å². The number of rotatable bonds is 8. The fourth-order valence-corrected chi connectivity index (χ4v) is 4.41. The molecule has 0 atom stereocenters. The number of amides is 1. The van der Waals surface area contributed by atoms with E-state index in [9.17, 15) is 23.1 Å². The van der Waals surface area contributed by atoms with Gasteiger partial charge in [-0.25, -0.2) is 5.43 Å². The molecule has 0 spiro atoms. The summed E-state index contributed by atoms with van der Waals surface area (Å²) in [5.41, 5.74) is 12.8. The Morgan fingerprint density at radius 2 is 1.95 bits per heavy atom. The largest absolute Gasteiger partial charge is 0.416 e. The van der Waals surface area contributed by atoms with Crippen molar-refractivity contribution in [2.75, 3.05) is 30.5 Å². The van der Waals surface area contributed by atoms with Gasteiger partial charge in [-0.05, 0) is 55.3 Å². The molecule has 0 aliphatic carbocycles. The smallest absolute Gasteiger partial charge is 0.397 e. The maximum absolute atomic E-state index is 13.6. The number of aliphatic hydroxyl groups excluding tert-OH is 1. The molecule has 0 saturated carbocycles. The zero-order valence-corrected chi connectivity index (χ0v) is 22.2. The predicted molar refractivity (Wildman–Crippen MR) is 144 cm³/mol. The molecule has 9 nitrogen and oxygen atoms in total. The average molecular weight is 544 g/mol. The van der Waals surface area contributed by atoms with E-state index in [1.54, 1.807) is 47.3 Å². The maximum atomic E-state index is 13.6. The van der Waals surface area contributed by atoms with Crippen molar-refractivity contribution < 1.29 is 23.1 Å². The molecular weight excluding hydrogens is 511 g/mol. The van der Waals surface area contributed by atoms with Crippen molar-refractivity contribution in [2.45, 2.75) is 32.7 Å². The van der Waals surface area contributed by atoms with Crippen molar-refractivity contribution in [3.05, 3.63) is 82.3 Å². The number of hydrogen-bond donors (Lipinski definition) is 4. The molecule has 2 aromatic carbocycles. The molecule has 0 radical (unpaired) electrons. The van der Waals surface area contributed by atoms with Gasteiger partial charge in [0, 0.05) is 62.4 Å². The number of aliphatic hydroxyl groups is 1. The van der Waals surface area contributed by atoms with Gasteiger partial charge >= 0.3 is 6.18 Å². The number of halogens is 3. The van der Waals surface area contributed by atoms with Gasteiger partial charge in [0.1, 0.15) is 0 Å². The number of alkyl halides is 3. The second-order valence-electron chi connectivity index (χ2n) is 9.66. The number of hydrogen-bond acceptors (Lipinski definition) is 7. The van der Waals surface area contributed by atoms with Crippen molar-refractivity contribution >= 4 is 23.0 Å². The lowest BCUT2D eigenvalue weighted by Crippen LogP contribution is -2.49. The van der Waals surface area contributed by atoms with Crippen LogP contribution in [-0.4, -0.2) is 51.9 Å². The molecule has 3 aromatic rings. The molecule has 1 aromatic heterocycles. The van der Waals surface area contributed by atoms with Crippen molar-refractivity contribution in [2.24, 2.45) is 12.8 Å². The van der Waals surface area contributed by atoms with Gasteiger partial charge in [-0.2, -0.15) is 18.3 Å². The number of nitrogens with zero attached hydrogens (tertiary/aromatic N) is 4. The zero-order chi connectivity index (χ0) is 28.5. The van der Waals surface area contributed by atoms with E-state index in [1.165, 1.54) is 6.07 Å². The van der Waals surface area contributed by atoms with Gasteiger partial charge < -0.3 is 16.2 Å². The molecule has 1 amide bonds. The molecule has 1 aliphatic heterocycles. The molecule has 1 saturated heterocycles. The topological polar surface area (TPSA) is 112 Å². The second kappa shape index (κ2) is 11.1. The Balaban J connectivity index is 1.59. The van der Waals surface area contributed by atoms with Crippen molar-refractivity contribution in [1.82, 2.24) is 20.1 Å². The Bertz CT molecular complexity index is 1390. The van der Waals surface area contributed by atoms with Crippen LogP contribution in [0.2, 0.25) is 0 Å². The van der Waals surface area contributed by atoms with E-state index >= 15 is 0 Å². The molecule has 2 heterocycles. The summed E-state index contributed by atoms with van der Waals surface area (Å²) in [5.74, 6) is -0.558. The van der Waals surface area contributed by atoms with E-state index in [1.807, 2.05) is 25.8 Å². The summed E-state index contributed by atoms with van der Waals surface area (Å²) in [6.45, 7) is 4.79. The Labute approximate surface area is 224 Å². The highest BCUT2D eigenvalue weighted by atomic mass is 19.4. The maximum Gasteiger partial charge on any atom is 0.416 e. The zero-order valence-electron chi connectivity index (χ0n) is 22.2. The Morgan fingerprint density at radius 3 is 2.54 bits per heavy atom. The van der Waals surface area contributed by atoms with Crippen LogP contribution in [0.4, 0.5) is 24.5 Å². The molecule has 208 valence electrons. The number of hydrazine groups is 1. The van der Waals surface area contributed by atoms with E-state index in [-0.39, 0.29) is 17.8 Å². The lowest BCUT2D eigenvalue weighted by molar-refractivity contribution is -0.137. The fraction of sp³-hybridized carbons (Fsp3) is 0.333. The third kappa shape index (κ3) is 6.41. The van der Waals surface area contributed by atoms with Crippen LogP contribution in [0.15, 0.2) is 48.8 Å². The average Bonchev–Trinajstić information content (AvgIpc) is 3.19. The molecule has 5 N–H and O–H groups in total. The van der Waals surface area contributed by atoms with Gasteiger partial charge in [0.15, 0.2) is 0 Å². The summed E-state index contributed by atoms with van der Waals surface area (Å²) < 4.78 is 42.5. The highest BCUT2D eigenvalue weighted by Crippen LogP contribution is 2.33. The van der Waals surface area contributed by atoms with Crippen LogP contribution < -0.4 is 21.5 Å². The van der Waals surface area contributed by atoms with Gasteiger partial charge in [0.25, 0.3) is 5.91 Å². The minimum absolute atomic E-state index is 0.0367. The van der Waals surface area contributed by atoms with Crippen LogP contribution in [0.5, 0.6) is 0 Å². The quantitative estimate of drug-likeness (QED) is 0.323. The summed E-state index contributed by atoms with van der Waals surface area (Å²) in [6, 6.07) is 8.50. The Morgan fingerprint density at radius 1 is 1.23 bits per heavy atom. The van der Waals surface area contributed by atoms with Crippen molar-refractivity contribution in [1.29, 1.82) is 0 Å². The molecule has 0 unspecified atom stereocenters. The molecule has 39 heavy (non-hydrogen) atoms. The number of carbonyl (C=O) groups is 1. The summed E-state index contributed by atoms with van der Waals surface area (Å²) >= 11 is 0. The molecule has 1 fully saturated rings. The van der Waals surface area contributed by atoms with Crippen LogP contribution in [0.1, 0.15) is 38.3 Å². The number of aryl methyl sites for hydroxylation is 2.